The van der Waals surface area contributed by atoms with E-state index in [1.165, 1.54) is 24.1 Å². The normalized spacial score (nSPS) is 18.2. The average molecular weight is 401 g/mol. The third-order valence-electron chi connectivity index (χ3n) is 5.64. The van der Waals surface area contributed by atoms with Gasteiger partial charge >= 0.3 is 0 Å². The lowest BCUT2D eigenvalue weighted by molar-refractivity contribution is 0.0489. The van der Waals surface area contributed by atoms with Gasteiger partial charge in [0.25, 0.3) is 0 Å². The number of benzene rings is 1. The Labute approximate surface area is 174 Å². The molecule has 2 heterocycles. The van der Waals surface area contributed by atoms with Gasteiger partial charge in [0.15, 0.2) is 0 Å². The van der Waals surface area contributed by atoms with Crippen molar-refractivity contribution in [2.45, 2.75) is 58.7 Å². The maximum atomic E-state index is 9.62. The van der Waals surface area contributed by atoms with Crippen LogP contribution in [0.1, 0.15) is 50.2 Å². The van der Waals surface area contributed by atoms with Gasteiger partial charge in [-0.05, 0) is 25.8 Å². The lowest BCUT2D eigenvalue weighted by atomic mass is 10.1. The Bertz CT molecular complexity index is 733. The number of aliphatic hydroxyl groups excluding tert-OH is 1. The third kappa shape index (κ3) is 6.29. The van der Waals surface area contributed by atoms with Gasteiger partial charge in [-0.15, -0.1) is 0 Å². The van der Waals surface area contributed by atoms with Crippen molar-refractivity contribution in [1.82, 2.24) is 19.8 Å². The molecule has 1 aromatic carbocycles. The van der Waals surface area contributed by atoms with E-state index in [-0.39, 0.29) is 6.61 Å². The summed E-state index contributed by atoms with van der Waals surface area (Å²) in [7, 11) is 0. The van der Waals surface area contributed by atoms with Crippen LogP contribution in [-0.4, -0.2) is 63.8 Å². The van der Waals surface area contributed by atoms with Crippen LogP contribution in [0.3, 0.4) is 0 Å². The second-order valence-electron chi connectivity index (χ2n) is 7.87. The first-order valence-corrected chi connectivity index (χ1v) is 11.0. The molecule has 1 saturated heterocycles. The number of hydrogen-bond acceptors (Lipinski definition) is 5. The predicted molar refractivity (Wildman–Crippen MR) is 116 cm³/mol. The van der Waals surface area contributed by atoms with Crippen LogP contribution in [0.25, 0.3) is 0 Å². The highest BCUT2D eigenvalue weighted by molar-refractivity contribution is 5.33. The Morgan fingerprint density at radius 2 is 2.07 bits per heavy atom. The van der Waals surface area contributed by atoms with Crippen molar-refractivity contribution in [2.24, 2.45) is 0 Å². The van der Waals surface area contributed by atoms with Crippen LogP contribution in [0, 0.1) is 0 Å². The molecular formula is C23H36N4O2. The number of piperazine rings is 1. The van der Waals surface area contributed by atoms with Crippen molar-refractivity contribution in [3.63, 3.8) is 0 Å². The highest BCUT2D eigenvalue weighted by atomic mass is 16.5. The number of unbranched alkanes of at least 4 members (excludes halogenated alkanes) is 1. The fourth-order valence-electron chi connectivity index (χ4n) is 4.08. The maximum Gasteiger partial charge on any atom is 0.123 e. The fourth-order valence-corrected chi connectivity index (χ4v) is 4.08. The van der Waals surface area contributed by atoms with Crippen molar-refractivity contribution >= 4 is 0 Å². The Morgan fingerprint density at radius 3 is 2.86 bits per heavy atom. The first-order valence-electron chi connectivity index (χ1n) is 11.0. The molecule has 6 heteroatoms. The maximum absolute atomic E-state index is 9.62. The molecule has 1 unspecified atom stereocenters. The molecule has 0 radical (unpaired) electrons. The number of nitrogens with zero attached hydrogens (tertiary/aromatic N) is 3. The molecule has 3 rings (SSSR count). The largest absolute Gasteiger partial charge is 0.494 e. The quantitative estimate of drug-likeness (QED) is 0.606. The molecule has 1 aliphatic rings. The van der Waals surface area contributed by atoms with Crippen molar-refractivity contribution in [2.75, 3.05) is 32.8 Å². The second-order valence-corrected chi connectivity index (χ2v) is 7.87. The molecule has 160 valence electrons. The van der Waals surface area contributed by atoms with Gasteiger partial charge in [-0.3, -0.25) is 9.80 Å². The molecule has 0 saturated carbocycles. The molecule has 0 spiro atoms. The molecule has 29 heavy (non-hydrogen) atoms. The van der Waals surface area contributed by atoms with Gasteiger partial charge in [0.1, 0.15) is 11.6 Å². The minimum absolute atomic E-state index is 0.216. The van der Waals surface area contributed by atoms with E-state index in [1.807, 2.05) is 25.3 Å². The highest BCUT2D eigenvalue weighted by Crippen LogP contribution is 2.24. The summed E-state index contributed by atoms with van der Waals surface area (Å²) in [5, 5.41) is 9.62. The first-order chi connectivity index (χ1) is 14.2. The summed E-state index contributed by atoms with van der Waals surface area (Å²) in [5.74, 6) is 2.07. The molecule has 1 atom stereocenters. The molecule has 0 bridgehead atoms. The Balaban J connectivity index is 1.60. The number of aryl methyl sites for hydroxylation is 1. The van der Waals surface area contributed by atoms with Gasteiger partial charge in [-0.25, -0.2) is 4.98 Å². The van der Waals surface area contributed by atoms with E-state index in [0.717, 1.165) is 57.1 Å². The number of nitrogens with one attached hydrogen (secondary N) is 1. The monoisotopic (exact) mass is 400 g/mol. The Morgan fingerprint density at radius 1 is 1.21 bits per heavy atom. The summed E-state index contributed by atoms with van der Waals surface area (Å²) in [4.78, 5) is 13.0. The predicted octanol–water partition coefficient (Wildman–Crippen LogP) is 3.22. The summed E-state index contributed by atoms with van der Waals surface area (Å²) in [6, 6.07) is 8.63. The smallest absolute Gasteiger partial charge is 0.123 e. The van der Waals surface area contributed by atoms with Crippen LogP contribution >= 0.6 is 0 Å². The number of para-hydroxylation sites is 1. The molecule has 0 aliphatic carbocycles. The minimum atomic E-state index is 0.216. The van der Waals surface area contributed by atoms with Gasteiger partial charge < -0.3 is 14.8 Å². The van der Waals surface area contributed by atoms with Crippen LogP contribution in [0.15, 0.2) is 30.5 Å². The van der Waals surface area contributed by atoms with E-state index in [9.17, 15) is 5.11 Å². The SMILES string of the molecule is CCCCc1ncc(CN2CCN(Cc3ccccc3OCC)C(CCO)C2)[nH]1. The van der Waals surface area contributed by atoms with Gasteiger partial charge in [0.05, 0.1) is 6.61 Å². The highest BCUT2D eigenvalue weighted by Gasteiger charge is 2.27. The average Bonchev–Trinajstić information content (AvgIpc) is 3.17. The number of imidazole rings is 1. The van der Waals surface area contributed by atoms with Gasteiger partial charge in [0, 0.05) is 69.2 Å². The van der Waals surface area contributed by atoms with Crippen LogP contribution < -0.4 is 4.74 Å². The molecule has 1 aliphatic heterocycles. The summed E-state index contributed by atoms with van der Waals surface area (Å²) in [6.45, 7) is 9.84. The zero-order valence-electron chi connectivity index (χ0n) is 17.9. The number of ether oxygens (including phenoxy) is 1. The number of rotatable bonds is 11. The molecule has 1 fully saturated rings. The zero-order chi connectivity index (χ0) is 20.5. The number of H-pyrrole nitrogens is 1. The van der Waals surface area contributed by atoms with Crippen LogP contribution in [0.5, 0.6) is 5.75 Å². The van der Waals surface area contributed by atoms with E-state index in [2.05, 4.69) is 38.8 Å². The van der Waals surface area contributed by atoms with Gasteiger partial charge in [0.2, 0.25) is 0 Å². The van der Waals surface area contributed by atoms with Crippen LogP contribution in [0.4, 0.5) is 0 Å². The number of aromatic nitrogens is 2. The summed E-state index contributed by atoms with van der Waals surface area (Å²) < 4.78 is 5.81. The second kappa shape index (κ2) is 11.3. The lowest BCUT2D eigenvalue weighted by Gasteiger charge is -2.41. The molecule has 1 aromatic heterocycles. The molecule has 2 aromatic rings. The standard InChI is InChI=1S/C23H36N4O2/c1-3-5-10-23-24-15-20(25-23)17-26-12-13-27(21(18-26)11-14-28)16-19-8-6-7-9-22(19)29-4-2/h6-9,15,21,28H,3-5,10-14,16-18H2,1-2H3,(H,24,25). The van der Waals surface area contributed by atoms with E-state index in [0.29, 0.717) is 12.6 Å². The summed E-state index contributed by atoms with van der Waals surface area (Å²) in [6.07, 6.45) is 6.16. The number of hydrogen-bond donors (Lipinski definition) is 2. The van der Waals surface area contributed by atoms with Gasteiger partial charge in [-0.2, -0.15) is 0 Å². The minimum Gasteiger partial charge on any atom is -0.494 e. The third-order valence-corrected chi connectivity index (χ3v) is 5.64. The van der Waals surface area contributed by atoms with Crippen LogP contribution in [-0.2, 0) is 19.5 Å². The van der Waals surface area contributed by atoms with Crippen molar-refractivity contribution in [3.8, 4) is 5.75 Å². The summed E-state index contributed by atoms with van der Waals surface area (Å²) >= 11 is 0. The molecule has 0 amide bonds. The molecular weight excluding hydrogens is 364 g/mol. The van der Waals surface area contributed by atoms with Gasteiger partial charge in [-0.1, -0.05) is 31.5 Å². The van der Waals surface area contributed by atoms with Crippen molar-refractivity contribution in [1.29, 1.82) is 0 Å². The zero-order valence-corrected chi connectivity index (χ0v) is 17.9. The van der Waals surface area contributed by atoms with E-state index in [1.54, 1.807) is 0 Å². The fraction of sp³-hybridized carbons (Fsp3) is 0.609. The topological polar surface area (TPSA) is 64.6 Å². The van der Waals surface area contributed by atoms with Crippen molar-refractivity contribution < 1.29 is 9.84 Å². The lowest BCUT2D eigenvalue weighted by Crippen LogP contribution is -2.52. The van der Waals surface area contributed by atoms with Crippen molar-refractivity contribution in [3.05, 3.63) is 47.5 Å². The van der Waals surface area contributed by atoms with E-state index >= 15 is 0 Å². The Kier molecular flexibility index (Phi) is 8.52. The van der Waals surface area contributed by atoms with Crippen LogP contribution in [0.2, 0.25) is 0 Å². The molecule has 6 nitrogen and oxygen atoms in total. The van der Waals surface area contributed by atoms with E-state index < -0.39 is 0 Å². The Hall–Kier alpha value is -1.89. The summed E-state index contributed by atoms with van der Waals surface area (Å²) in [5.41, 5.74) is 2.41. The molecule has 2 N–H and O–H groups in total. The van der Waals surface area contributed by atoms with E-state index in [4.69, 9.17) is 4.74 Å². The number of aromatic amines is 1. The first kappa shape index (κ1) is 21.8. The number of aliphatic hydroxyl groups is 1.